The molecule has 0 fully saturated rings. The van der Waals surface area contributed by atoms with E-state index in [-0.39, 0.29) is 12.5 Å². The third kappa shape index (κ3) is 6.48. The summed E-state index contributed by atoms with van der Waals surface area (Å²) in [5, 5.41) is 3.57. The van der Waals surface area contributed by atoms with E-state index in [4.69, 9.17) is 16.3 Å². The summed E-state index contributed by atoms with van der Waals surface area (Å²) >= 11 is 5.88. The van der Waals surface area contributed by atoms with Gasteiger partial charge < -0.3 is 10.1 Å². The number of amides is 1. The van der Waals surface area contributed by atoms with Crippen LogP contribution in [-0.2, 0) is 23.0 Å². The zero-order valence-electron chi connectivity index (χ0n) is 17.9. The number of hydrogen-bond acceptors (Lipinski definition) is 4. The number of rotatable bonds is 9. The fourth-order valence-corrected chi connectivity index (χ4v) is 4.16. The number of methoxy groups -OCH3 is 1. The van der Waals surface area contributed by atoms with Gasteiger partial charge in [-0.3, -0.25) is 9.10 Å². The van der Waals surface area contributed by atoms with E-state index in [1.54, 1.807) is 55.6 Å². The van der Waals surface area contributed by atoms with Crippen LogP contribution in [0.5, 0.6) is 5.75 Å². The van der Waals surface area contributed by atoms with Crippen molar-refractivity contribution < 1.29 is 17.9 Å². The maximum Gasteiger partial charge on any atom is 0.251 e. The number of halogens is 1. The van der Waals surface area contributed by atoms with Gasteiger partial charge in [-0.05, 0) is 66.1 Å². The van der Waals surface area contributed by atoms with E-state index in [1.165, 1.54) is 10.6 Å². The van der Waals surface area contributed by atoms with Crippen molar-refractivity contribution in [2.24, 2.45) is 0 Å². The molecule has 3 aromatic rings. The van der Waals surface area contributed by atoms with E-state index in [1.807, 2.05) is 24.3 Å². The van der Waals surface area contributed by atoms with Gasteiger partial charge in [-0.25, -0.2) is 8.42 Å². The Hall–Kier alpha value is -3.03. The number of carbonyl (C=O) groups is 1. The third-order valence-corrected chi connectivity index (χ3v) is 6.31. The van der Waals surface area contributed by atoms with Crippen molar-refractivity contribution in [3.05, 3.63) is 94.5 Å². The Kier molecular flexibility index (Phi) is 7.77. The maximum atomic E-state index is 12.4. The minimum atomic E-state index is -3.50. The van der Waals surface area contributed by atoms with Gasteiger partial charge in [-0.1, -0.05) is 35.9 Å². The normalized spacial score (nSPS) is 11.1. The van der Waals surface area contributed by atoms with E-state index >= 15 is 0 Å². The molecule has 8 heteroatoms. The molecular weight excluding hydrogens is 448 g/mol. The summed E-state index contributed by atoms with van der Waals surface area (Å²) in [6.07, 6.45) is 1.87. The Bertz CT molecular complexity index is 1150. The molecule has 3 rings (SSSR count). The molecule has 0 aliphatic carbocycles. The molecule has 0 bridgehead atoms. The summed E-state index contributed by atoms with van der Waals surface area (Å²) in [4.78, 5) is 12.4. The summed E-state index contributed by atoms with van der Waals surface area (Å²) in [6, 6.07) is 21.2. The molecule has 0 atom stereocenters. The maximum absolute atomic E-state index is 12.4. The Morgan fingerprint density at radius 3 is 2.09 bits per heavy atom. The largest absolute Gasteiger partial charge is 0.497 e. The number of ether oxygens (including phenoxy) is 1. The zero-order chi connectivity index (χ0) is 23.1. The van der Waals surface area contributed by atoms with Crippen LogP contribution >= 0.6 is 11.6 Å². The lowest BCUT2D eigenvalue weighted by Crippen LogP contribution is -2.29. The van der Waals surface area contributed by atoms with Crippen LogP contribution in [0.15, 0.2) is 72.8 Å². The van der Waals surface area contributed by atoms with E-state index in [0.29, 0.717) is 35.0 Å². The Labute approximate surface area is 193 Å². The van der Waals surface area contributed by atoms with Crippen LogP contribution < -0.4 is 14.4 Å². The molecule has 168 valence electrons. The molecule has 0 heterocycles. The van der Waals surface area contributed by atoms with Crippen molar-refractivity contribution >= 4 is 33.2 Å². The van der Waals surface area contributed by atoms with E-state index in [2.05, 4.69) is 5.32 Å². The topological polar surface area (TPSA) is 75.7 Å². The van der Waals surface area contributed by atoms with Crippen LogP contribution in [0.25, 0.3) is 0 Å². The highest BCUT2D eigenvalue weighted by Gasteiger charge is 2.18. The van der Waals surface area contributed by atoms with Crippen molar-refractivity contribution in [2.45, 2.75) is 13.0 Å². The summed E-state index contributed by atoms with van der Waals surface area (Å²) in [6.45, 7) is 0.658. The van der Waals surface area contributed by atoms with Crippen molar-refractivity contribution in [3.63, 3.8) is 0 Å². The van der Waals surface area contributed by atoms with Gasteiger partial charge in [0.1, 0.15) is 5.75 Å². The molecule has 0 aliphatic rings. The molecule has 0 radical (unpaired) electrons. The SMILES string of the molecule is COc1ccc(N(Cc2ccc(C(=O)NCCc3ccc(Cl)cc3)cc2)S(C)(=O)=O)cc1. The van der Waals surface area contributed by atoms with E-state index < -0.39 is 10.0 Å². The number of sulfonamides is 1. The lowest BCUT2D eigenvalue weighted by atomic mass is 10.1. The Balaban J connectivity index is 1.62. The molecule has 0 unspecified atom stereocenters. The summed E-state index contributed by atoms with van der Waals surface area (Å²) in [7, 11) is -1.94. The van der Waals surface area contributed by atoms with E-state index in [0.717, 1.165) is 11.1 Å². The lowest BCUT2D eigenvalue weighted by Gasteiger charge is -2.23. The fourth-order valence-electron chi connectivity index (χ4n) is 3.15. The predicted molar refractivity (Wildman–Crippen MR) is 128 cm³/mol. The first-order valence-electron chi connectivity index (χ1n) is 9.99. The van der Waals surface area contributed by atoms with Gasteiger partial charge in [-0.2, -0.15) is 0 Å². The van der Waals surface area contributed by atoms with Gasteiger partial charge in [0.25, 0.3) is 5.91 Å². The van der Waals surface area contributed by atoms with Crippen LogP contribution in [-0.4, -0.2) is 34.2 Å². The van der Waals surface area contributed by atoms with Crippen LogP contribution in [0, 0.1) is 0 Å². The highest BCUT2D eigenvalue weighted by molar-refractivity contribution is 7.92. The third-order valence-electron chi connectivity index (χ3n) is 4.92. The molecular formula is C24H25ClN2O4S. The standard InChI is InChI=1S/C24H25ClN2O4S/c1-31-23-13-11-22(12-14-23)27(32(2,29)30)17-19-3-7-20(8-4-19)24(28)26-16-15-18-5-9-21(25)10-6-18/h3-14H,15-17H2,1-2H3,(H,26,28). The average molecular weight is 473 g/mol. The second-order valence-corrected chi connectivity index (χ2v) is 9.64. The fraction of sp³-hybridized carbons (Fsp3) is 0.208. The van der Waals surface area contributed by atoms with Crippen molar-refractivity contribution in [2.75, 3.05) is 24.2 Å². The van der Waals surface area contributed by atoms with Crippen LogP contribution in [0.4, 0.5) is 5.69 Å². The van der Waals surface area contributed by atoms with E-state index in [9.17, 15) is 13.2 Å². The average Bonchev–Trinajstić information content (AvgIpc) is 2.78. The minimum Gasteiger partial charge on any atom is -0.497 e. The Morgan fingerprint density at radius 1 is 0.938 bits per heavy atom. The van der Waals surface area contributed by atoms with Crippen molar-refractivity contribution in [1.29, 1.82) is 0 Å². The van der Waals surface area contributed by atoms with Crippen molar-refractivity contribution in [3.8, 4) is 5.75 Å². The van der Waals surface area contributed by atoms with Gasteiger partial charge in [0.2, 0.25) is 10.0 Å². The lowest BCUT2D eigenvalue weighted by molar-refractivity contribution is 0.0954. The smallest absolute Gasteiger partial charge is 0.251 e. The van der Waals surface area contributed by atoms with Crippen LogP contribution in [0.1, 0.15) is 21.5 Å². The second kappa shape index (κ2) is 10.5. The number of benzene rings is 3. The van der Waals surface area contributed by atoms with Gasteiger partial charge in [0.15, 0.2) is 0 Å². The molecule has 0 saturated heterocycles. The molecule has 0 saturated carbocycles. The monoisotopic (exact) mass is 472 g/mol. The van der Waals surface area contributed by atoms with Gasteiger partial charge >= 0.3 is 0 Å². The first-order chi connectivity index (χ1) is 15.3. The number of nitrogens with one attached hydrogen (secondary N) is 1. The molecule has 0 aromatic heterocycles. The number of hydrogen-bond donors (Lipinski definition) is 1. The number of nitrogens with zero attached hydrogens (tertiary/aromatic N) is 1. The highest BCUT2D eigenvalue weighted by atomic mass is 35.5. The summed E-state index contributed by atoms with van der Waals surface area (Å²) in [5.74, 6) is 0.467. The molecule has 32 heavy (non-hydrogen) atoms. The molecule has 1 N–H and O–H groups in total. The van der Waals surface area contributed by atoms with Crippen LogP contribution in [0.2, 0.25) is 5.02 Å². The van der Waals surface area contributed by atoms with Crippen LogP contribution in [0.3, 0.4) is 0 Å². The molecule has 1 amide bonds. The number of anilines is 1. The second-order valence-electron chi connectivity index (χ2n) is 7.30. The minimum absolute atomic E-state index is 0.156. The molecule has 6 nitrogen and oxygen atoms in total. The van der Waals surface area contributed by atoms with Gasteiger partial charge in [-0.15, -0.1) is 0 Å². The van der Waals surface area contributed by atoms with Gasteiger partial charge in [0.05, 0.1) is 25.6 Å². The summed E-state index contributed by atoms with van der Waals surface area (Å²) < 4.78 is 31.1. The zero-order valence-corrected chi connectivity index (χ0v) is 19.5. The predicted octanol–water partition coefficient (Wildman–Crippen LogP) is 4.29. The summed E-state index contributed by atoms with van der Waals surface area (Å²) in [5.41, 5.74) is 2.91. The first-order valence-corrected chi connectivity index (χ1v) is 12.2. The Morgan fingerprint density at radius 2 is 1.53 bits per heavy atom. The van der Waals surface area contributed by atoms with Gasteiger partial charge in [0, 0.05) is 17.1 Å². The quantitative estimate of drug-likeness (QED) is 0.504. The van der Waals surface area contributed by atoms with Crippen molar-refractivity contribution in [1.82, 2.24) is 5.32 Å². The molecule has 3 aromatic carbocycles. The number of carbonyl (C=O) groups excluding carboxylic acids is 1. The molecule has 0 aliphatic heterocycles. The first kappa shape index (κ1) is 23.6. The highest BCUT2D eigenvalue weighted by Crippen LogP contribution is 2.23. The molecule has 0 spiro atoms.